The predicted octanol–water partition coefficient (Wildman–Crippen LogP) is 0.321. The van der Waals surface area contributed by atoms with Crippen molar-refractivity contribution < 1.29 is 17.9 Å². The number of carbonyl (C=O) groups is 1. The minimum absolute atomic E-state index is 0.0462. The van der Waals surface area contributed by atoms with Gasteiger partial charge in [-0.05, 0) is 18.1 Å². The molecular weight excluding hydrogens is 328 g/mol. The van der Waals surface area contributed by atoms with Crippen LogP contribution in [0.4, 0.5) is 0 Å². The van der Waals surface area contributed by atoms with Crippen molar-refractivity contribution in [3.8, 4) is 5.75 Å². The molecule has 0 aromatic heterocycles. The molecule has 0 spiro atoms. The standard InChI is InChI=1S/C17H22N2O4S/c20-17(16-11-13-3-1-2-4-15(13)23-16)19-8-6-18(7-9-19)14-5-10-24(21,22)12-14/h1-4,14,16H,5-12H2/t14-,16-/m0/s1. The summed E-state index contributed by atoms with van der Waals surface area (Å²) in [5.41, 5.74) is 1.09. The summed E-state index contributed by atoms with van der Waals surface area (Å²) < 4.78 is 29.1. The molecule has 0 unspecified atom stereocenters. The lowest BCUT2D eigenvalue weighted by Gasteiger charge is -2.38. The van der Waals surface area contributed by atoms with E-state index in [0.29, 0.717) is 25.3 Å². The van der Waals surface area contributed by atoms with E-state index in [1.807, 2.05) is 29.2 Å². The summed E-state index contributed by atoms with van der Waals surface area (Å²) in [6, 6.07) is 7.91. The molecule has 1 aromatic carbocycles. The molecular formula is C17H22N2O4S. The number of para-hydroxylation sites is 1. The van der Waals surface area contributed by atoms with Gasteiger partial charge in [-0.2, -0.15) is 0 Å². The van der Waals surface area contributed by atoms with Gasteiger partial charge >= 0.3 is 0 Å². The van der Waals surface area contributed by atoms with E-state index in [-0.39, 0.29) is 17.7 Å². The zero-order chi connectivity index (χ0) is 16.7. The minimum Gasteiger partial charge on any atom is -0.480 e. The Labute approximate surface area is 142 Å². The molecule has 1 amide bonds. The summed E-state index contributed by atoms with van der Waals surface area (Å²) in [5, 5.41) is 0. The van der Waals surface area contributed by atoms with Crippen molar-refractivity contribution in [2.24, 2.45) is 0 Å². The molecule has 7 heteroatoms. The van der Waals surface area contributed by atoms with Gasteiger partial charge in [-0.1, -0.05) is 18.2 Å². The van der Waals surface area contributed by atoms with Crippen molar-refractivity contribution in [2.45, 2.75) is 25.0 Å². The first-order valence-electron chi connectivity index (χ1n) is 8.50. The normalized spacial score (nSPS) is 29.2. The fourth-order valence-electron chi connectivity index (χ4n) is 3.89. The van der Waals surface area contributed by atoms with Crippen LogP contribution in [0.5, 0.6) is 5.75 Å². The van der Waals surface area contributed by atoms with Crippen LogP contribution in [0.3, 0.4) is 0 Å². The second-order valence-corrected chi connectivity index (χ2v) is 9.07. The van der Waals surface area contributed by atoms with Gasteiger partial charge in [-0.3, -0.25) is 9.69 Å². The molecule has 0 N–H and O–H groups in total. The van der Waals surface area contributed by atoms with Crippen molar-refractivity contribution in [2.75, 3.05) is 37.7 Å². The first kappa shape index (κ1) is 15.9. The van der Waals surface area contributed by atoms with E-state index in [1.165, 1.54) is 0 Å². The number of piperazine rings is 1. The molecule has 6 nitrogen and oxygen atoms in total. The second-order valence-electron chi connectivity index (χ2n) is 6.84. The van der Waals surface area contributed by atoms with Crippen LogP contribution in [0.25, 0.3) is 0 Å². The van der Waals surface area contributed by atoms with Crippen LogP contribution in [-0.2, 0) is 21.1 Å². The quantitative estimate of drug-likeness (QED) is 0.769. The van der Waals surface area contributed by atoms with Crippen molar-refractivity contribution in [3.63, 3.8) is 0 Å². The van der Waals surface area contributed by atoms with Gasteiger partial charge < -0.3 is 9.64 Å². The Morgan fingerprint density at radius 1 is 1.12 bits per heavy atom. The van der Waals surface area contributed by atoms with Crippen LogP contribution in [0.15, 0.2) is 24.3 Å². The number of rotatable bonds is 2. The maximum Gasteiger partial charge on any atom is 0.264 e. The minimum atomic E-state index is -2.86. The fraction of sp³-hybridized carbons (Fsp3) is 0.588. The molecule has 24 heavy (non-hydrogen) atoms. The van der Waals surface area contributed by atoms with Crippen molar-refractivity contribution in [3.05, 3.63) is 29.8 Å². The average Bonchev–Trinajstić information content (AvgIpc) is 3.17. The predicted molar refractivity (Wildman–Crippen MR) is 89.8 cm³/mol. The summed E-state index contributed by atoms with van der Waals surface area (Å²) >= 11 is 0. The molecule has 2 fully saturated rings. The van der Waals surface area contributed by atoms with Crippen LogP contribution in [0.1, 0.15) is 12.0 Å². The molecule has 3 aliphatic rings. The molecule has 3 aliphatic heterocycles. The number of benzene rings is 1. The monoisotopic (exact) mass is 350 g/mol. The molecule has 1 aromatic rings. The number of ether oxygens (including phenoxy) is 1. The van der Waals surface area contributed by atoms with Gasteiger partial charge in [0.15, 0.2) is 15.9 Å². The van der Waals surface area contributed by atoms with Gasteiger partial charge in [0.2, 0.25) is 0 Å². The van der Waals surface area contributed by atoms with Gasteiger partial charge in [0.25, 0.3) is 5.91 Å². The van der Waals surface area contributed by atoms with Gasteiger partial charge in [-0.25, -0.2) is 8.42 Å². The van der Waals surface area contributed by atoms with E-state index in [2.05, 4.69) is 4.90 Å². The number of nitrogens with zero attached hydrogens (tertiary/aromatic N) is 2. The largest absolute Gasteiger partial charge is 0.480 e. The van der Waals surface area contributed by atoms with Gasteiger partial charge in [0, 0.05) is 38.6 Å². The Bertz CT molecular complexity index is 716. The highest BCUT2D eigenvalue weighted by atomic mass is 32.2. The first-order valence-corrected chi connectivity index (χ1v) is 10.3. The molecule has 3 heterocycles. The lowest BCUT2D eigenvalue weighted by Crippen LogP contribution is -2.54. The number of sulfone groups is 1. The molecule has 0 saturated carbocycles. The zero-order valence-corrected chi connectivity index (χ0v) is 14.4. The molecule has 0 aliphatic carbocycles. The number of hydrogen-bond donors (Lipinski definition) is 0. The van der Waals surface area contributed by atoms with Crippen LogP contribution in [0, 0.1) is 0 Å². The Hall–Kier alpha value is -1.60. The van der Waals surface area contributed by atoms with E-state index in [9.17, 15) is 13.2 Å². The average molecular weight is 350 g/mol. The third-order valence-electron chi connectivity index (χ3n) is 5.27. The summed E-state index contributed by atoms with van der Waals surface area (Å²) in [4.78, 5) is 16.8. The maximum atomic E-state index is 12.7. The molecule has 0 radical (unpaired) electrons. The van der Waals surface area contributed by atoms with Crippen LogP contribution < -0.4 is 4.74 Å². The van der Waals surface area contributed by atoms with E-state index < -0.39 is 15.9 Å². The number of amides is 1. The molecule has 0 bridgehead atoms. The van der Waals surface area contributed by atoms with Crippen molar-refractivity contribution in [1.82, 2.24) is 9.80 Å². The number of carbonyl (C=O) groups excluding carboxylic acids is 1. The fourth-order valence-corrected chi connectivity index (χ4v) is 5.66. The first-order chi connectivity index (χ1) is 11.5. The highest BCUT2D eigenvalue weighted by molar-refractivity contribution is 7.91. The van der Waals surface area contributed by atoms with Gasteiger partial charge in [-0.15, -0.1) is 0 Å². The Morgan fingerprint density at radius 3 is 2.54 bits per heavy atom. The van der Waals surface area contributed by atoms with Crippen LogP contribution in [0.2, 0.25) is 0 Å². The lowest BCUT2D eigenvalue weighted by molar-refractivity contribution is -0.140. The topological polar surface area (TPSA) is 66.9 Å². The van der Waals surface area contributed by atoms with E-state index in [0.717, 1.165) is 30.8 Å². The highest BCUT2D eigenvalue weighted by Crippen LogP contribution is 2.29. The molecule has 4 rings (SSSR count). The highest BCUT2D eigenvalue weighted by Gasteiger charge is 2.37. The van der Waals surface area contributed by atoms with Gasteiger partial charge in [0.1, 0.15) is 5.75 Å². The zero-order valence-electron chi connectivity index (χ0n) is 13.6. The van der Waals surface area contributed by atoms with E-state index >= 15 is 0 Å². The Morgan fingerprint density at radius 2 is 1.88 bits per heavy atom. The van der Waals surface area contributed by atoms with Crippen LogP contribution in [-0.4, -0.2) is 74.0 Å². The van der Waals surface area contributed by atoms with E-state index in [1.54, 1.807) is 0 Å². The molecule has 130 valence electrons. The Balaban J connectivity index is 1.33. The van der Waals surface area contributed by atoms with E-state index in [4.69, 9.17) is 4.74 Å². The van der Waals surface area contributed by atoms with Gasteiger partial charge in [0.05, 0.1) is 11.5 Å². The summed E-state index contributed by atoms with van der Waals surface area (Å²) in [5.74, 6) is 1.42. The number of hydrogen-bond acceptors (Lipinski definition) is 5. The van der Waals surface area contributed by atoms with Crippen molar-refractivity contribution in [1.29, 1.82) is 0 Å². The van der Waals surface area contributed by atoms with Crippen LogP contribution >= 0.6 is 0 Å². The molecule has 2 saturated heterocycles. The third-order valence-corrected chi connectivity index (χ3v) is 7.02. The summed E-state index contributed by atoms with van der Waals surface area (Å²) in [7, 11) is -2.86. The smallest absolute Gasteiger partial charge is 0.264 e. The summed E-state index contributed by atoms with van der Waals surface area (Å²) in [6.45, 7) is 2.77. The third kappa shape index (κ3) is 3.02. The van der Waals surface area contributed by atoms with Crippen molar-refractivity contribution >= 4 is 15.7 Å². The second kappa shape index (κ2) is 6.04. The summed E-state index contributed by atoms with van der Waals surface area (Å²) in [6.07, 6.45) is 0.939. The molecule has 2 atom stereocenters. The lowest BCUT2D eigenvalue weighted by atomic mass is 10.1. The SMILES string of the molecule is O=C([C@@H]1Cc2ccccc2O1)N1CCN([C@H]2CCS(=O)(=O)C2)CC1. The maximum absolute atomic E-state index is 12.7. The number of fused-ring (bicyclic) bond motifs is 1. The Kier molecular flexibility index (Phi) is 4.00.